The Kier molecular flexibility index (Phi) is 5.74. The molecule has 0 amide bonds. The van der Waals surface area contributed by atoms with Gasteiger partial charge in [-0.05, 0) is 24.6 Å². The van der Waals surface area contributed by atoms with Gasteiger partial charge in [0.2, 0.25) is 0 Å². The standard InChI is InChI=1S/C12H23N3S/c1-4-5-6-7-8-11-13-14-12(16)15(11)9-10(2)3/h10H,4-9H2,1-3H3,(H,14,16). The predicted octanol–water partition coefficient (Wildman–Crippen LogP) is 3.72. The highest BCUT2D eigenvalue weighted by molar-refractivity contribution is 7.71. The van der Waals surface area contributed by atoms with Crippen molar-refractivity contribution in [3.05, 3.63) is 10.6 Å². The molecule has 1 aromatic heterocycles. The number of nitrogens with zero attached hydrogens (tertiary/aromatic N) is 2. The van der Waals surface area contributed by atoms with E-state index >= 15 is 0 Å². The average Bonchev–Trinajstić information content (AvgIpc) is 2.56. The Labute approximate surface area is 103 Å². The lowest BCUT2D eigenvalue weighted by atomic mass is 10.1. The van der Waals surface area contributed by atoms with Gasteiger partial charge in [0, 0.05) is 13.0 Å². The van der Waals surface area contributed by atoms with Crippen LogP contribution in [0.15, 0.2) is 0 Å². The molecule has 92 valence electrons. The van der Waals surface area contributed by atoms with Crippen LogP contribution in [0.1, 0.15) is 52.3 Å². The van der Waals surface area contributed by atoms with Crippen LogP contribution in [0.5, 0.6) is 0 Å². The number of unbranched alkanes of at least 4 members (excludes halogenated alkanes) is 3. The number of rotatable bonds is 7. The van der Waals surface area contributed by atoms with Gasteiger partial charge in [-0.2, -0.15) is 5.10 Å². The summed E-state index contributed by atoms with van der Waals surface area (Å²) in [5, 5.41) is 7.21. The smallest absolute Gasteiger partial charge is 0.195 e. The zero-order valence-corrected chi connectivity index (χ0v) is 11.4. The fourth-order valence-electron chi connectivity index (χ4n) is 1.80. The first kappa shape index (κ1) is 13.4. The molecule has 0 radical (unpaired) electrons. The highest BCUT2D eigenvalue weighted by Crippen LogP contribution is 2.09. The summed E-state index contributed by atoms with van der Waals surface area (Å²) in [4.78, 5) is 0. The maximum Gasteiger partial charge on any atom is 0.195 e. The Morgan fingerprint density at radius 2 is 2.06 bits per heavy atom. The lowest BCUT2D eigenvalue weighted by molar-refractivity contribution is 0.497. The maximum absolute atomic E-state index is 5.24. The van der Waals surface area contributed by atoms with Crippen molar-refractivity contribution in [3.8, 4) is 0 Å². The molecule has 0 aliphatic heterocycles. The Balaban J connectivity index is 2.55. The van der Waals surface area contributed by atoms with E-state index in [1.54, 1.807) is 0 Å². The third kappa shape index (κ3) is 4.08. The van der Waals surface area contributed by atoms with Crippen molar-refractivity contribution in [1.82, 2.24) is 14.8 Å². The van der Waals surface area contributed by atoms with Crippen LogP contribution in [0.3, 0.4) is 0 Å². The normalized spacial score (nSPS) is 11.2. The van der Waals surface area contributed by atoms with Gasteiger partial charge in [-0.15, -0.1) is 0 Å². The summed E-state index contributed by atoms with van der Waals surface area (Å²) < 4.78 is 2.91. The van der Waals surface area contributed by atoms with E-state index in [0.717, 1.165) is 23.6 Å². The van der Waals surface area contributed by atoms with Crippen molar-refractivity contribution in [2.24, 2.45) is 5.92 Å². The molecule has 0 spiro atoms. The first-order chi connectivity index (χ1) is 7.65. The maximum atomic E-state index is 5.24. The van der Waals surface area contributed by atoms with Gasteiger partial charge in [0.25, 0.3) is 0 Å². The summed E-state index contributed by atoms with van der Waals surface area (Å²) in [6, 6.07) is 0. The molecule has 3 nitrogen and oxygen atoms in total. The topological polar surface area (TPSA) is 33.6 Å². The van der Waals surface area contributed by atoms with E-state index < -0.39 is 0 Å². The molecule has 4 heteroatoms. The van der Waals surface area contributed by atoms with Crippen LogP contribution >= 0.6 is 12.2 Å². The second-order valence-corrected chi connectivity index (χ2v) is 5.15. The van der Waals surface area contributed by atoms with Gasteiger partial charge in [0.15, 0.2) is 4.77 Å². The molecule has 0 aliphatic rings. The molecule has 0 aliphatic carbocycles. The Bertz CT molecular complexity index is 351. The highest BCUT2D eigenvalue weighted by Gasteiger charge is 2.07. The Morgan fingerprint density at radius 3 is 2.69 bits per heavy atom. The van der Waals surface area contributed by atoms with Crippen LogP contribution in [0, 0.1) is 10.7 Å². The monoisotopic (exact) mass is 241 g/mol. The van der Waals surface area contributed by atoms with Crippen molar-refractivity contribution < 1.29 is 0 Å². The highest BCUT2D eigenvalue weighted by atomic mass is 32.1. The Hall–Kier alpha value is -0.640. The second kappa shape index (κ2) is 6.84. The van der Waals surface area contributed by atoms with Gasteiger partial charge < -0.3 is 4.57 Å². The van der Waals surface area contributed by atoms with E-state index in [9.17, 15) is 0 Å². The number of H-pyrrole nitrogens is 1. The number of hydrogen-bond acceptors (Lipinski definition) is 2. The fraction of sp³-hybridized carbons (Fsp3) is 0.833. The van der Waals surface area contributed by atoms with E-state index in [1.165, 1.54) is 25.7 Å². The quantitative estimate of drug-likeness (QED) is 0.583. The van der Waals surface area contributed by atoms with Gasteiger partial charge in [0.1, 0.15) is 5.82 Å². The van der Waals surface area contributed by atoms with Gasteiger partial charge in [-0.25, -0.2) is 0 Å². The average molecular weight is 241 g/mol. The van der Waals surface area contributed by atoms with Crippen molar-refractivity contribution in [2.45, 2.75) is 59.4 Å². The van der Waals surface area contributed by atoms with Crippen molar-refractivity contribution in [1.29, 1.82) is 0 Å². The molecule has 0 saturated heterocycles. The molecule has 1 N–H and O–H groups in total. The van der Waals surface area contributed by atoms with Crippen LogP contribution in [0.2, 0.25) is 0 Å². The molecular formula is C12H23N3S. The SMILES string of the molecule is CCCCCCc1n[nH]c(=S)n1CC(C)C. The van der Waals surface area contributed by atoms with Gasteiger partial charge in [-0.3, -0.25) is 5.10 Å². The van der Waals surface area contributed by atoms with Crippen LogP contribution in [-0.4, -0.2) is 14.8 Å². The van der Waals surface area contributed by atoms with E-state index in [2.05, 4.69) is 35.5 Å². The molecule has 1 aromatic rings. The number of aromatic nitrogens is 3. The van der Waals surface area contributed by atoms with Crippen molar-refractivity contribution in [2.75, 3.05) is 0 Å². The number of nitrogens with one attached hydrogen (secondary N) is 1. The summed E-state index contributed by atoms with van der Waals surface area (Å²) in [6.45, 7) is 7.61. The molecule has 0 saturated carbocycles. The lowest BCUT2D eigenvalue weighted by Crippen LogP contribution is -2.09. The number of aromatic amines is 1. The van der Waals surface area contributed by atoms with E-state index in [1.807, 2.05) is 0 Å². The third-order valence-electron chi connectivity index (χ3n) is 2.64. The first-order valence-corrected chi connectivity index (χ1v) is 6.70. The van der Waals surface area contributed by atoms with Gasteiger partial charge in [-0.1, -0.05) is 40.0 Å². The molecule has 0 fully saturated rings. The molecule has 1 rings (SSSR count). The largest absolute Gasteiger partial charge is 0.304 e. The van der Waals surface area contributed by atoms with Gasteiger partial charge in [0.05, 0.1) is 0 Å². The number of hydrogen-bond donors (Lipinski definition) is 1. The van der Waals surface area contributed by atoms with Crippen LogP contribution in [0.25, 0.3) is 0 Å². The summed E-state index contributed by atoms with van der Waals surface area (Å²) in [7, 11) is 0. The minimum atomic E-state index is 0.610. The summed E-state index contributed by atoms with van der Waals surface area (Å²) >= 11 is 5.24. The molecular weight excluding hydrogens is 218 g/mol. The van der Waals surface area contributed by atoms with Crippen molar-refractivity contribution >= 4 is 12.2 Å². The Morgan fingerprint density at radius 1 is 1.31 bits per heavy atom. The van der Waals surface area contributed by atoms with E-state index in [-0.39, 0.29) is 0 Å². The minimum Gasteiger partial charge on any atom is -0.304 e. The van der Waals surface area contributed by atoms with Crippen LogP contribution in [0.4, 0.5) is 0 Å². The van der Waals surface area contributed by atoms with Crippen LogP contribution < -0.4 is 0 Å². The fourth-order valence-corrected chi connectivity index (χ4v) is 2.03. The molecule has 16 heavy (non-hydrogen) atoms. The zero-order chi connectivity index (χ0) is 12.0. The first-order valence-electron chi connectivity index (χ1n) is 6.29. The van der Waals surface area contributed by atoms with E-state index in [0.29, 0.717) is 5.92 Å². The summed E-state index contributed by atoms with van der Waals surface area (Å²) in [6.07, 6.45) is 6.14. The van der Waals surface area contributed by atoms with E-state index in [4.69, 9.17) is 12.2 Å². The molecule has 0 bridgehead atoms. The third-order valence-corrected chi connectivity index (χ3v) is 2.95. The van der Waals surface area contributed by atoms with Crippen molar-refractivity contribution in [3.63, 3.8) is 0 Å². The second-order valence-electron chi connectivity index (χ2n) is 4.76. The molecule has 0 unspecified atom stereocenters. The number of aryl methyl sites for hydroxylation is 1. The molecule has 0 atom stereocenters. The summed E-state index contributed by atoms with van der Waals surface area (Å²) in [5.74, 6) is 1.73. The zero-order valence-electron chi connectivity index (χ0n) is 10.6. The van der Waals surface area contributed by atoms with Crippen LogP contribution in [-0.2, 0) is 13.0 Å². The summed E-state index contributed by atoms with van der Waals surface area (Å²) in [5.41, 5.74) is 0. The predicted molar refractivity (Wildman–Crippen MR) is 70.1 cm³/mol. The minimum absolute atomic E-state index is 0.610. The lowest BCUT2D eigenvalue weighted by Gasteiger charge is -2.08. The molecule has 0 aromatic carbocycles. The molecule has 1 heterocycles. The van der Waals surface area contributed by atoms with Gasteiger partial charge >= 0.3 is 0 Å².